The monoisotopic (exact) mass is 292 g/mol. The van der Waals surface area contributed by atoms with Crippen molar-refractivity contribution in [2.75, 3.05) is 39.9 Å². The Bertz CT molecular complexity index is 151. The lowest BCUT2D eigenvalue weighted by Crippen LogP contribution is -2.38. The molecule has 0 aromatic carbocycles. The minimum Gasteiger partial charge on any atom is -0.395 e. The summed E-state index contributed by atoms with van der Waals surface area (Å²) in [7, 11) is 2.01. The van der Waals surface area contributed by atoms with Crippen LogP contribution < -0.4 is 0 Å². The Morgan fingerprint density at radius 2 is 1.20 bits per heavy atom. The van der Waals surface area contributed by atoms with Gasteiger partial charge < -0.3 is 15.1 Å². The van der Waals surface area contributed by atoms with Gasteiger partial charge in [-0.1, -0.05) is 20.8 Å². The molecular weight excluding hydrogens is 252 g/mol. The molecule has 0 atom stereocenters. The van der Waals surface area contributed by atoms with Gasteiger partial charge in [0.2, 0.25) is 0 Å². The Morgan fingerprint density at radius 1 is 0.800 bits per heavy atom. The highest BCUT2D eigenvalue weighted by Crippen LogP contribution is 2.02. The molecule has 0 aliphatic rings. The number of hydrogen-bond acceptors (Lipinski definition) is 4. The maximum Gasteiger partial charge on any atom is 0.0558 e. The highest BCUT2D eigenvalue weighted by molar-refractivity contribution is 4.65. The van der Waals surface area contributed by atoms with Crippen LogP contribution in [0.2, 0.25) is 0 Å². The Labute approximate surface area is 127 Å². The molecule has 0 radical (unpaired) electrons. The Balaban J connectivity index is -0.000000262. The lowest BCUT2D eigenvalue weighted by molar-refractivity contribution is 0.134. The van der Waals surface area contributed by atoms with Crippen molar-refractivity contribution in [1.29, 1.82) is 0 Å². The van der Waals surface area contributed by atoms with Crippen molar-refractivity contribution in [3.8, 4) is 0 Å². The second-order valence-electron chi connectivity index (χ2n) is 5.18. The van der Waals surface area contributed by atoms with Crippen LogP contribution in [-0.4, -0.2) is 72.0 Å². The molecule has 0 saturated carbocycles. The van der Waals surface area contributed by atoms with Gasteiger partial charge in [-0.2, -0.15) is 0 Å². The van der Waals surface area contributed by atoms with E-state index in [0.717, 1.165) is 26.1 Å². The average molecular weight is 293 g/mol. The number of rotatable bonds is 8. The zero-order valence-corrected chi connectivity index (χ0v) is 15.2. The maximum absolute atomic E-state index is 8.69. The van der Waals surface area contributed by atoms with Crippen molar-refractivity contribution in [2.24, 2.45) is 0 Å². The van der Waals surface area contributed by atoms with Crippen LogP contribution in [-0.2, 0) is 0 Å². The van der Waals surface area contributed by atoms with Crippen LogP contribution in [0.1, 0.15) is 54.9 Å². The lowest BCUT2D eigenvalue weighted by Gasteiger charge is -2.29. The van der Waals surface area contributed by atoms with E-state index in [4.69, 9.17) is 10.2 Å². The Morgan fingerprint density at radius 3 is 1.40 bits per heavy atom. The van der Waals surface area contributed by atoms with Crippen LogP contribution in [0.25, 0.3) is 0 Å². The molecule has 4 heteroatoms. The average Bonchev–Trinajstić information content (AvgIpc) is 2.39. The fourth-order valence-corrected chi connectivity index (χ4v) is 1.89. The van der Waals surface area contributed by atoms with Gasteiger partial charge in [0.1, 0.15) is 0 Å². The van der Waals surface area contributed by atoms with Crippen molar-refractivity contribution in [2.45, 2.75) is 67.0 Å². The summed E-state index contributed by atoms with van der Waals surface area (Å²) in [5.74, 6) is 0. The molecule has 2 N–H and O–H groups in total. The van der Waals surface area contributed by atoms with E-state index in [9.17, 15) is 0 Å². The first-order valence-corrected chi connectivity index (χ1v) is 8.06. The molecule has 0 bridgehead atoms. The van der Waals surface area contributed by atoms with Crippen LogP contribution in [0, 0.1) is 0 Å². The molecular formula is C16H40N2O2. The number of likely N-dealkylation sites (N-methyl/N-ethyl adjacent to an activating group) is 1. The zero-order valence-electron chi connectivity index (χ0n) is 15.2. The summed E-state index contributed by atoms with van der Waals surface area (Å²) in [6.07, 6.45) is 1.16. The van der Waals surface area contributed by atoms with Crippen molar-refractivity contribution < 1.29 is 10.2 Å². The summed E-state index contributed by atoms with van der Waals surface area (Å²) in [6.45, 7) is 17.9. The van der Waals surface area contributed by atoms with Gasteiger partial charge in [-0.25, -0.2) is 0 Å². The predicted octanol–water partition coefficient (Wildman–Crippen LogP) is 2.44. The topological polar surface area (TPSA) is 46.9 Å². The molecule has 0 aliphatic heterocycles. The summed E-state index contributed by atoms with van der Waals surface area (Å²) >= 11 is 0. The quantitative estimate of drug-likeness (QED) is 0.721. The normalized spacial score (nSPS) is 10.5. The van der Waals surface area contributed by atoms with Gasteiger partial charge in [0.25, 0.3) is 0 Å². The van der Waals surface area contributed by atoms with Crippen LogP contribution >= 0.6 is 0 Å². The molecule has 20 heavy (non-hydrogen) atoms. The summed E-state index contributed by atoms with van der Waals surface area (Å²) in [6, 6.07) is 1.07. The third-order valence-corrected chi connectivity index (χ3v) is 2.77. The minimum atomic E-state index is 0.260. The molecule has 0 fully saturated rings. The first-order valence-electron chi connectivity index (χ1n) is 8.06. The third kappa shape index (κ3) is 17.8. The number of aliphatic hydroxyl groups is 2. The molecule has 4 nitrogen and oxygen atoms in total. The Kier molecular flexibility index (Phi) is 23.4. The highest BCUT2D eigenvalue weighted by Gasteiger charge is 2.11. The zero-order chi connectivity index (χ0) is 16.6. The predicted molar refractivity (Wildman–Crippen MR) is 90.3 cm³/mol. The van der Waals surface area contributed by atoms with Gasteiger partial charge in [0.05, 0.1) is 13.2 Å². The van der Waals surface area contributed by atoms with Crippen molar-refractivity contribution in [3.05, 3.63) is 0 Å². The van der Waals surface area contributed by atoms with E-state index in [1.807, 2.05) is 20.9 Å². The maximum atomic E-state index is 8.69. The van der Waals surface area contributed by atoms with Crippen LogP contribution in [0.5, 0.6) is 0 Å². The Hall–Kier alpha value is -0.160. The molecule has 0 saturated heterocycles. The van der Waals surface area contributed by atoms with E-state index in [-0.39, 0.29) is 13.2 Å². The largest absolute Gasteiger partial charge is 0.395 e. The van der Waals surface area contributed by atoms with Gasteiger partial charge in [-0.15, -0.1) is 0 Å². The van der Waals surface area contributed by atoms with Gasteiger partial charge in [0.15, 0.2) is 0 Å². The highest BCUT2D eigenvalue weighted by atomic mass is 16.3. The molecule has 0 heterocycles. The summed E-state index contributed by atoms with van der Waals surface area (Å²) in [5.41, 5.74) is 0. The van der Waals surface area contributed by atoms with E-state index >= 15 is 0 Å². The van der Waals surface area contributed by atoms with Crippen LogP contribution in [0.3, 0.4) is 0 Å². The summed E-state index contributed by atoms with van der Waals surface area (Å²) < 4.78 is 0. The fourth-order valence-electron chi connectivity index (χ4n) is 1.89. The minimum absolute atomic E-state index is 0.260. The molecule has 0 aromatic rings. The van der Waals surface area contributed by atoms with E-state index < -0.39 is 0 Å². The lowest BCUT2D eigenvalue weighted by atomic mass is 10.2. The van der Waals surface area contributed by atoms with Crippen LogP contribution in [0.4, 0.5) is 0 Å². The molecule has 0 aromatic heterocycles. The van der Waals surface area contributed by atoms with E-state index in [1.54, 1.807) is 0 Å². The molecule has 0 spiro atoms. The molecule has 0 rings (SSSR count). The molecule has 0 amide bonds. The third-order valence-electron chi connectivity index (χ3n) is 2.77. The van der Waals surface area contributed by atoms with Crippen LogP contribution in [0.15, 0.2) is 0 Å². The second kappa shape index (κ2) is 18.8. The van der Waals surface area contributed by atoms with Crippen molar-refractivity contribution in [1.82, 2.24) is 9.80 Å². The number of nitrogens with zero attached hydrogens (tertiary/aromatic N) is 2. The first-order chi connectivity index (χ1) is 9.40. The number of aliphatic hydroxyl groups excluding tert-OH is 2. The molecule has 0 aliphatic carbocycles. The molecule has 0 unspecified atom stereocenters. The summed E-state index contributed by atoms with van der Waals surface area (Å²) in [4.78, 5) is 4.38. The van der Waals surface area contributed by atoms with Crippen molar-refractivity contribution >= 4 is 0 Å². The van der Waals surface area contributed by atoms with E-state index in [1.165, 1.54) is 0 Å². The van der Waals surface area contributed by atoms with Gasteiger partial charge in [0, 0.05) is 25.2 Å². The van der Waals surface area contributed by atoms with E-state index in [2.05, 4.69) is 44.4 Å². The number of hydrogen-bond donors (Lipinski definition) is 2. The van der Waals surface area contributed by atoms with Gasteiger partial charge in [-0.3, -0.25) is 4.90 Å². The SMILES string of the molecule is CC.CC(C)N(CCO)C(C)C.CCCN(C)CCO. The van der Waals surface area contributed by atoms with Gasteiger partial charge in [-0.05, 0) is 47.7 Å². The molecule has 126 valence electrons. The van der Waals surface area contributed by atoms with E-state index in [0.29, 0.717) is 12.1 Å². The summed E-state index contributed by atoms with van der Waals surface area (Å²) in [5, 5.41) is 17.1. The first kappa shape index (κ1) is 24.8. The smallest absolute Gasteiger partial charge is 0.0558 e. The van der Waals surface area contributed by atoms with Crippen molar-refractivity contribution in [3.63, 3.8) is 0 Å². The fraction of sp³-hybridized carbons (Fsp3) is 1.00. The van der Waals surface area contributed by atoms with Gasteiger partial charge >= 0.3 is 0 Å². The second-order valence-corrected chi connectivity index (χ2v) is 5.18. The standard InChI is InChI=1S/C8H19NO.C6H15NO.C2H6/c1-7(2)9(5-6-10)8(3)4;1-3-4-7(2)5-6-8;1-2/h7-8,10H,5-6H2,1-4H3;8H,3-6H2,1-2H3;1-2H3.